The maximum Gasteiger partial charge on any atom is 0.424 e. The molecule has 2 aromatic carbocycles. The van der Waals surface area contributed by atoms with E-state index in [4.69, 9.17) is 4.74 Å². The van der Waals surface area contributed by atoms with E-state index in [0.29, 0.717) is 16.7 Å². The van der Waals surface area contributed by atoms with E-state index in [2.05, 4.69) is 0 Å². The van der Waals surface area contributed by atoms with Crippen LogP contribution >= 0.6 is 0 Å². The highest BCUT2D eigenvalue weighted by molar-refractivity contribution is 6.31. The fourth-order valence-electron chi connectivity index (χ4n) is 2.42. The second kappa shape index (κ2) is 5.01. The van der Waals surface area contributed by atoms with Crippen LogP contribution in [0.4, 0.5) is 4.79 Å². The van der Waals surface area contributed by atoms with Gasteiger partial charge in [-0.15, -0.1) is 0 Å². The zero-order chi connectivity index (χ0) is 15.0. The van der Waals surface area contributed by atoms with E-state index in [1.165, 1.54) is 0 Å². The predicted molar refractivity (Wildman–Crippen MR) is 76.1 cm³/mol. The van der Waals surface area contributed by atoms with Crippen LogP contribution < -0.4 is 0 Å². The SMILES string of the molecule is CCCOC(=O)N1C(=O)c2ccc3ccccc3c2C1=O. The van der Waals surface area contributed by atoms with Crippen molar-refractivity contribution in [3.63, 3.8) is 0 Å². The van der Waals surface area contributed by atoms with Gasteiger partial charge in [-0.3, -0.25) is 9.59 Å². The summed E-state index contributed by atoms with van der Waals surface area (Å²) in [6, 6.07) is 10.6. The molecule has 5 nitrogen and oxygen atoms in total. The van der Waals surface area contributed by atoms with Crippen LogP contribution in [-0.2, 0) is 4.74 Å². The van der Waals surface area contributed by atoms with Crippen molar-refractivity contribution in [3.8, 4) is 0 Å². The number of ether oxygens (including phenoxy) is 1. The van der Waals surface area contributed by atoms with Crippen LogP contribution in [0.5, 0.6) is 0 Å². The molecule has 106 valence electrons. The Morgan fingerprint density at radius 2 is 1.86 bits per heavy atom. The van der Waals surface area contributed by atoms with E-state index in [-0.39, 0.29) is 17.7 Å². The van der Waals surface area contributed by atoms with Crippen molar-refractivity contribution in [2.45, 2.75) is 13.3 Å². The first kappa shape index (κ1) is 13.3. The first-order valence-corrected chi connectivity index (χ1v) is 6.72. The zero-order valence-electron chi connectivity index (χ0n) is 11.5. The maximum absolute atomic E-state index is 12.4. The highest BCUT2D eigenvalue weighted by atomic mass is 16.6. The summed E-state index contributed by atoms with van der Waals surface area (Å²) in [6.07, 6.45) is -0.287. The van der Waals surface area contributed by atoms with Crippen LogP contribution in [0, 0.1) is 0 Å². The number of amides is 3. The quantitative estimate of drug-likeness (QED) is 0.795. The van der Waals surface area contributed by atoms with E-state index in [1.54, 1.807) is 24.3 Å². The Bertz CT molecular complexity index is 766. The third-order valence-electron chi connectivity index (χ3n) is 3.39. The normalized spacial score (nSPS) is 13.7. The molecule has 0 unspecified atom stereocenters. The summed E-state index contributed by atoms with van der Waals surface area (Å²) in [5, 5.41) is 1.51. The van der Waals surface area contributed by atoms with Gasteiger partial charge in [-0.25, -0.2) is 4.79 Å². The lowest BCUT2D eigenvalue weighted by atomic mass is 10.0. The number of benzene rings is 2. The Labute approximate surface area is 121 Å². The van der Waals surface area contributed by atoms with Gasteiger partial charge < -0.3 is 4.74 Å². The van der Waals surface area contributed by atoms with Crippen molar-refractivity contribution >= 4 is 28.7 Å². The average Bonchev–Trinajstić information content (AvgIpc) is 2.76. The molecule has 0 N–H and O–H groups in total. The first-order chi connectivity index (χ1) is 10.1. The average molecular weight is 283 g/mol. The fraction of sp³-hybridized carbons (Fsp3) is 0.188. The third kappa shape index (κ3) is 1.98. The molecule has 1 aliphatic heterocycles. The summed E-state index contributed by atoms with van der Waals surface area (Å²) >= 11 is 0. The number of imide groups is 3. The van der Waals surface area contributed by atoms with Gasteiger partial charge in [0.1, 0.15) is 0 Å². The molecule has 0 radical (unpaired) electrons. The minimum Gasteiger partial charge on any atom is -0.449 e. The van der Waals surface area contributed by atoms with Gasteiger partial charge >= 0.3 is 6.09 Å². The standard InChI is InChI=1S/C16H13NO4/c1-2-9-21-16(20)17-14(18)12-8-7-10-5-3-4-6-11(10)13(12)15(17)19/h3-8H,2,9H2,1H3. The minimum absolute atomic E-state index is 0.174. The lowest BCUT2D eigenvalue weighted by Crippen LogP contribution is -2.36. The highest BCUT2D eigenvalue weighted by Gasteiger charge is 2.41. The molecule has 0 atom stereocenters. The van der Waals surface area contributed by atoms with Gasteiger partial charge in [-0.2, -0.15) is 4.90 Å². The van der Waals surface area contributed by atoms with E-state index in [0.717, 1.165) is 5.39 Å². The summed E-state index contributed by atoms with van der Waals surface area (Å²) in [6.45, 7) is 2.01. The van der Waals surface area contributed by atoms with Crippen molar-refractivity contribution in [2.75, 3.05) is 6.61 Å². The summed E-state index contributed by atoms with van der Waals surface area (Å²) in [4.78, 5) is 37.2. The molecule has 3 amide bonds. The Morgan fingerprint density at radius 1 is 1.10 bits per heavy atom. The van der Waals surface area contributed by atoms with E-state index in [9.17, 15) is 14.4 Å². The molecule has 0 saturated heterocycles. The Balaban J connectivity index is 2.08. The molecule has 21 heavy (non-hydrogen) atoms. The fourth-order valence-corrected chi connectivity index (χ4v) is 2.42. The van der Waals surface area contributed by atoms with Crippen molar-refractivity contribution in [2.24, 2.45) is 0 Å². The molecular weight excluding hydrogens is 270 g/mol. The van der Waals surface area contributed by atoms with Crippen LogP contribution in [0.15, 0.2) is 36.4 Å². The number of nitrogens with zero attached hydrogens (tertiary/aromatic N) is 1. The topological polar surface area (TPSA) is 63.7 Å². The Hall–Kier alpha value is -2.69. The zero-order valence-corrected chi connectivity index (χ0v) is 11.5. The monoisotopic (exact) mass is 283 g/mol. The predicted octanol–water partition coefficient (Wildman–Crippen LogP) is 2.98. The smallest absolute Gasteiger partial charge is 0.424 e. The molecule has 0 aromatic heterocycles. The molecule has 3 rings (SSSR count). The second-order valence-electron chi connectivity index (χ2n) is 4.77. The largest absolute Gasteiger partial charge is 0.449 e. The third-order valence-corrected chi connectivity index (χ3v) is 3.39. The van der Waals surface area contributed by atoms with E-state index >= 15 is 0 Å². The number of hydrogen-bond acceptors (Lipinski definition) is 4. The van der Waals surface area contributed by atoms with Crippen molar-refractivity contribution < 1.29 is 19.1 Å². The summed E-state index contributed by atoms with van der Waals surface area (Å²) in [5.41, 5.74) is 0.513. The molecule has 1 heterocycles. The van der Waals surface area contributed by atoms with Crippen LogP contribution in [0.2, 0.25) is 0 Å². The molecule has 5 heteroatoms. The first-order valence-electron chi connectivity index (χ1n) is 6.72. The lowest BCUT2D eigenvalue weighted by Gasteiger charge is -2.11. The van der Waals surface area contributed by atoms with Crippen molar-refractivity contribution in [1.29, 1.82) is 0 Å². The van der Waals surface area contributed by atoms with E-state index < -0.39 is 17.9 Å². The van der Waals surface area contributed by atoms with Crippen LogP contribution in [0.3, 0.4) is 0 Å². The molecule has 0 bridgehead atoms. The second-order valence-corrected chi connectivity index (χ2v) is 4.77. The number of rotatable bonds is 2. The summed E-state index contributed by atoms with van der Waals surface area (Å²) in [7, 11) is 0. The number of carbonyl (C=O) groups is 3. The molecule has 1 aliphatic rings. The van der Waals surface area contributed by atoms with Gasteiger partial charge in [0.15, 0.2) is 0 Å². The molecule has 0 spiro atoms. The van der Waals surface area contributed by atoms with Crippen molar-refractivity contribution in [3.05, 3.63) is 47.5 Å². The van der Waals surface area contributed by atoms with Crippen LogP contribution in [-0.4, -0.2) is 29.4 Å². The molecule has 2 aromatic rings. The summed E-state index contributed by atoms with van der Waals surface area (Å²) in [5.74, 6) is -1.24. The lowest BCUT2D eigenvalue weighted by molar-refractivity contribution is 0.0588. The summed E-state index contributed by atoms with van der Waals surface area (Å²) < 4.78 is 4.90. The Kier molecular flexibility index (Phi) is 3.17. The van der Waals surface area contributed by atoms with Crippen LogP contribution in [0.25, 0.3) is 10.8 Å². The molecular formula is C16H13NO4. The number of hydrogen-bond donors (Lipinski definition) is 0. The van der Waals surface area contributed by atoms with Gasteiger partial charge in [-0.1, -0.05) is 37.3 Å². The van der Waals surface area contributed by atoms with Gasteiger partial charge in [0, 0.05) is 0 Å². The minimum atomic E-state index is -0.910. The molecule has 0 saturated carbocycles. The molecule has 0 fully saturated rings. The van der Waals surface area contributed by atoms with Gasteiger partial charge in [0.2, 0.25) is 0 Å². The number of carbonyl (C=O) groups excluding carboxylic acids is 3. The highest BCUT2D eigenvalue weighted by Crippen LogP contribution is 2.30. The van der Waals surface area contributed by atoms with Crippen molar-refractivity contribution in [1.82, 2.24) is 4.90 Å². The van der Waals surface area contributed by atoms with Crippen LogP contribution in [0.1, 0.15) is 34.1 Å². The Morgan fingerprint density at radius 3 is 2.62 bits per heavy atom. The molecule has 0 aliphatic carbocycles. The van der Waals surface area contributed by atoms with Gasteiger partial charge in [-0.05, 0) is 23.3 Å². The maximum atomic E-state index is 12.4. The van der Waals surface area contributed by atoms with E-state index in [1.807, 2.05) is 19.1 Å². The number of fused-ring (bicyclic) bond motifs is 3. The van der Waals surface area contributed by atoms with Gasteiger partial charge in [0.05, 0.1) is 17.7 Å². The van der Waals surface area contributed by atoms with Gasteiger partial charge in [0.25, 0.3) is 11.8 Å².